The second-order valence-corrected chi connectivity index (χ2v) is 4.51. The van der Waals surface area contributed by atoms with Crippen LogP contribution in [0.2, 0.25) is 0 Å². The average molecular weight is 214 g/mol. The van der Waals surface area contributed by atoms with Crippen molar-refractivity contribution in [3.63, 3.8) is 0 Å². The van der Waals surface area contributed by atoms with E-state index in [1.807, 2.05) is 0 Å². The van der Waals surface area contributed by atoms with Crippen molar-refractivity contribution >= 4 is 5.91 Å². The molecular formula is C10H18N2O3. The summed E-state index contributed by atoms with van der Waals surface area (Å²) in [6.45, 7) is 1.73. The SMILES string of the molecule is O=C(CNCC1CC1)N1CC(O)C(O)C1. The molecule has 2 rings (SSSR count). The second kappa shape index (κ2) is 4.47. The lowest BCUT2D eigenvalue weighted by molar-refractivity contribution is -0.129. The fourth-order valence-electron chi connectivity index (χ4n) is 1.79. The molecule has 0 aromatic carbocycles. The molecule has 2 atom stereocenters. The van der Waals surface area contributed by atoms with Crippen molar-refractivity contribution in [3.8, 4) is 0 Å². The third kappa shape index (κ3) is 2.90. The Labute approximate surface area is 89.1 Å². The number of nitrogens with one attached hydrogen (secondary N) is 1. The number of amides is 1. The van der Waals surface area contributed by atoms with Gasteiger partial charge >= 0.3 is 0 Å². The van der Waals surface area contributed by atoms with E-state index in [0.29, 0.717) is 6.54 Å². The van der Waals surface area contributed by atoms with Gasteiger partial charge in [0.25, 0.3) is 0 Å². The zero-order valence-electron chi connectivity index (χ0n) is 8.72. The number of aliphatic hydroxyl groups excluding tert-OH is 2. The number of aliphatic hydroxyl groups is 2. The summed E-state index contributed by atoms with van der Waals surface area (Å²) in [4.78, 5) is 13.1. The van der Waals surface area contributed by atoms with Gasteiger partial charge in [-0.3, -0.25) is 4.79 Å². The van der Waals surface area contributed by atoms with Crippen molar-refractivity contribution < 1.29 is 15.0 Å². The van der Waals surface area contributed by atoms with Crippen LogP contribution in [0.4, 0.5) is 0 Å². The molecule has 2 aliphatic rings. The smallest absolute Gasteiger partial charge is 0.236 e. The number of hydrogen-bond donors (Lipinski definition) is 3. The van der Waals surface area contributed by atoms with E-state index in [9.17, 15) is 15.0 Å². The fraction of sp³-hybridized carbons (Fsp3) is 0.900. The van der Waals surface area contributed by atoms with E-state index in [1.165, 1.54) is 17.7 Å². The van der Waals surface area contributed by atoms with Crippen LogP contribution in [0.5, 0.6) is 0 Å². The van der Waals surface area contributed by atoms with E-state index >= 15 is 0 Å². The monoisotopic (exact) mass is 214 g/mol. The first-order valence-electron chi connectivity index (χ1n) is 5.51. The van der Waals surface area contributed by atoms with Crippen LogP contribution in [-0.2, 0) is 4.79 Å². The van der Waals surface area contributed by atoms with Crippen molar-refractivity contribution in [2.24, 2.45) is 5.92 Å². The van der Waals surface area contributed by atoms with Crippen LogP contribution in [0.3, 0.4) is 0 Å². The highest BCUT2D eigenvalue weighted by Gasteiger charge is 2.32. The highest BCUT2D eigenvalue weighted by molar-refractivity contribution is 5.78. The Morgan fingerprint density at radius 3 is 2.40 bits per heavy atom. The molecule has 0 aromatic rings. The molecule has 1 amide bonds. The van der Waals surface area contributed by atoms with Crippen LogP contribution in [-0.4, -0.2) is 59.4 Å². The van der Waals surface area contributed by atoms with Gasteiger partial charge in [-0.25, -0.2) is 0 Å². The Balaban J connectivity index is 1.66. The second-order valence-electron chi connectivity index (χ2n) is 4.51. The topological polar surface area (TPSA) is 72.8 Å². The average Bonchev–Trinajstić information content (AvgIpc) is 2.94. The normalized spacial score (nSPS) is 30.9. The zero-order chi connectivity index (χ0) is 10.8. The summed E-state index contributed by atoms with van der Waals surface area (Å²) in [7, 11) is 0. The summed E-state index contributed by atoms with van der Waals surface area (Å²) in [6, 6.07) is 0. The molecule has 0 spiro atoms. The summed E-state index contributed by atoms with van der Waals surface area (Å²) in [5.74, 6) is 0.721. The standard InChI is InChI=1S/C10H18N2O3/c13-8-5-12(6-9(8)14)10(15)4-11-3-7-1-2-7/h7-9,11,13-14H,1-6H2. The van der Waals surface area contributed by atoms with Gasteiger partial charge in [0.05, 0.1) is 18.8 Å². The van der Waals surface area contributed by atoms with E-state index in [1.54, 1.807) is 0 Å². The van der Waals surface area contributed by atoms with Crippen molar-refractivity contribution in [1.82, 2.24) is 10.2 Å². The van der Waals surface area contributed by atoms with Crippen LogP contribution >= 0.6 is 0 Å². The molecule has 2 unspecified atom stereocenters. The van der Waals surface area contributed by atoms with Crippen molar-refractivity contribution in [2.75, 3.05) is 26.2 Å². The van der Waals surface area contributed by atoms with Gasteiger partial charge < -0.3 is 20.4 Å². The van der Waals surface area contributed by atoms with Crippen LogP contribution in [0, 0.1) is 5.92 Å². The predicted octanol–water partition coefficient (Wildman–Crippen LogP) is -1.45. The summed E-state index contributed by atoms with van der Waals surface area (Å²) >= 11 is 0. The lowest BCUT2D eigenvalue weighted by Gasteiger charge is -2.15. The third-order valence-electron chi connectivity index (χ3n) is 3.02. The van der Waals surface area contributed by atoms with Gasteiger partial charge in [-0.1, -0.05) is 0 Å². The Morgan fingerprint density at radius 1 is 1.27 bits per heavy atom. The molecule has 5 nitrogen and oxygen atoms in total. The summed E-state index contributed by atoms with van der Waals surface area (Å²) in [5, 5.41) is 21.7. The minimum atomic E-state index is -0.780. The van der Waals surface area contributed by atoms with Gasteiger partial charge in [-0.15, -0.1) is 0 Å². The largest absolute Gasteiger partial charge is 0.388 e. The fourth-order valence-corrected chi connectivity index (χ4v) is 1.79. The van der Waals surface area contributed by atoms with E-state index < -0.39 is 12.2 Å². The molecule has 0 bridgehead atoms. The number of hydrogen-bond acceptors (Lipinski definition) is 4. The molecule has 0 radical (unpaired) electrons. The first-order chi connectivity index (χ1) is 7.16. The molecule has 1 saturated heterocycles. The molecule has 2 fully saturated rings. The minimum absolute atomic E-state index is 0.0359. The maximum atomic E-state index is 11.6. The Bertz CT molecular complexity index is 233. The van der Waals surface area contributed by atoms with Crippen molar-refractivity contribution in [3.05, 3.63) is 0 Å². The molecule has 86 valence electrons. The number of likely N-dealkylation sites (tertiary alicyclic amines) is 1. The molecule has 1 heterocycles. The van der Waals surface area contributed by atoms with E-state index in [-0.39, 0.29) is 19.0 Å². The number of β-amino-alcohol motifs (C(OH)–C–C–N with tert-alkyl or cyclic N) is 2. The van der Waals surface area contributed by atoms with Crippen LogP contribution in [0.15, 0.2) is 0 Å². The first-order valence-corrected chi connectivity index (χ1v) is 5.51. The minimum Gasteiger partial charge on any atom is -0.388 e. The predicted molar refractivity (Wildman–Crippen MR) is 54.2 cm³/mol. The molecule has 5 heteroatoms. The Hall–Kier alpha value is -0.650. The molecular weight excluding hydrogens is 196 g/mol. The van der Waals surface area contributed by atoms with E-state index in [0.717, 1.165) is 12.5 Å². The van der Waals surface area contributed by atoms with E-state index in [4.69, 9.17) is 0 Å². The highest BCUT2D eigenvalue weighted by Crippen LogP contribution is 2.27. The van der Waals surface area contributed by atoms with Gasteiger partial charge in [-0.2, -0.15) is 0 Å². The number of carbonyl (C=O) groups is 1. The lowest BCUT2D eigenvalue weighted by atomic mass is 10.3. The van der Waals surface area contributed by atoms with Crippen molar-refractivity contribution in [2.45, 2.75) is 25.0 Å². The highest BCUT2D eigenvalue weighted by atomic mass is 16.3. The lowest BCUT2D eigenvalue weighted by Crippen LogP contribution is -2.38. The van der Waals surface area contributed by atoms with Crippen LogP contribution < -0.4 is 5.32 Å². The molecule has 0 aromatic heterocycles. The number of carbonyl (C=O) groups excluding carboxylic acids is 1. The maximum absolute atomic E-state index is 11.6. The Morgan fingerprint density at radius 2 is 1.87 bits per heavy atom. The van der Waals surface area contributed by atoms with Gasteiger partial charge in [0.1, 0.15) is 0 Å². The molecule has 1 aliphatic heterocycles. The van der Waals surface area contributed by atoms with Gasteiger partial charge in [-0.05, 0) is 25.3 Å². The molecule has 15 heavy (non-hydrogen) atoms. The first kappa shape index (κ1) is 10.9. The summed E-state index contributed by atoms with van der Waals surface area (Å²) in [5.41, 5.74) is 0. The quantitative estimate of drug-likeness (QED) is 0.535. The number of rotatable bonds is 4. The van der Waals surface area contributed by atoms with Gasteiger partial charge in [0, 0.05) is 13.1 Å². The van der Waals surface area contributed by atoms with Gasteiger partial charge in [0.15, 0.2) is 0 Å². The van der Waals surface area contributed by atoms with Crippen molar-refractivity contribution in [1.29, 1.82) is 0 Å². The van der Waals surface area contributed by atoms with E-state index in [2.05, 4.69) is 5.32 Å². The third-order valence-corrected chi connectivity index (χ3v) is 3.02. The van der Waals surface area contributed by atoms with Gasteiger partial charge in [0.2, 0.25) is 5.91 Å². The zero-order valence-corrected chi connectivity index (χ0v) is 8.72. The molecule has 3 N–H and O–H groups in total. The summed E-state index contributed by atoms with van der Waals surface area (Å²) in [6.07, 6.45) is 0.972. The van der Waals surface area contributed by atoms with Crippen LogP contribution in [0.1, 0.15) is 12.8 Å². The summed E-state index contributed by atoms with van der Waals surface area (Å²) < 4.78 is 0. The molecule has 1 aliphatic carbocycles. The molecule has 1 saturated carbocycles. The Kier molecular flexibility index (Phi) is 3.23. The number of nitrogens with zero attached hydrogens (tertiary/aromatic N) is 1. The van der Waals surface area contributed by atoms with Crippen LogP contribution in [0.25, 0.3) is 0 Å². The maximum Gasteiger partial charge on any atom is 0.236 e.